The van der Waals surface area contributed by atoms with Crippen LogP contribution in [-0.2, 0) is 9.53 Å². The molecule has 0 fully saturated rings. The number of aryl methyl sites for hydroxylation is 1. The molecule has 0 aliphatic carbocycles. The molecule has 0 saturated heterocycles. The van der Waals surface area contributed by atoms with Gasteiger partial charge in [-0.2, -0.15) is 5.26 Å². The van der Waals surface area contributed by atoms with E-state index in [1.54, 1.807) is 52.0 Å². The summed E-state index contributed by atoms with van der Waals surface area (Å²) in [6.45, 7) is 7.17. The fraction of sp³-hybridized carbons (Fsp3) is 0.400. The summed E-state index contributed by atoms with van der Waals surface area (Å²) in [5.74, 6) is -0.776. The Kier molecular flexibility index (Phi) is 4.87. The van der Waals surface area contributed by atoms with Gasteiger partial charge in [-0.1, -0.05) is 0 Å². The molecule has 1 rings (SSSR count). The van der Waals surface area contributed by atoms with Gasteiger partial charge in [0.25, 0.3) is 0 Å². The monoisotopic (exact) mass is 274 g/mol. The van der Waals surface area contributed by atoms with E-state index in [-0.39, 0.29) is 12.3 Å². The highest BCUT2D eigenvalue weighted by atomic mass is 16.6. The second-order valence-electron chi connectivity index (χ2n) is 5.41. The van der Waals surface area contributed by atoms with Crippen molar-refractivity contribution >= 4 is 17.6 Å². The third-order valence-electron chi connectivity index (χ3n) is 2.37. The number of carbonyl (C=O) groups excluding carboxylic acids is 2. The number of ether oxygens (including phenoxy) is 1. The first-order valence-corrected chi connectivity index (χ1v) is 6.24. The van der Waals surface area contributed by atoms with E-state index in [0.717, 1.165) is 0 Å². The van der Waals surface area contributed by atoms with Crippen LogP contribution in [0, 0.1) is 18.3 Å². The summed E-state index contributed by atoms with van der Waals surface area (Å²) in [5.41, 5.74) is 1.16. The first kappa shape index (κ1) is 15.7. The molecular formula is C15H18N2O3. The van der Waals surface area contributed by atoms with E-state index >= 15 is 0 Å². The minimum Gasteiger partial charge on any atom is -0.456 e. The van der Waals surface area contributed by atoms with E-state index < -0.39 is 11.6 Å². The number of rotatable bonds is 3. The van der Waals surface area contributed by atoms with Crippen LogP contribution in [0.2, 0.25) is 0 Å². The van der Waals surface area contributed by atoms with Gasteiger partial charge >= 0.3 is 5.97 Å². The number of esters is 1. The Bertz CT molecular complexity index is 565. The van der Waals surface area contributed by atoms with E-state index in [0.29, 0.717) is 16.8 Å². The molecular weight excluding hydrogens is 256 g/mol. The van der Waals surface area contributed by atoms with Crippen LogP contribution in [0.25, 0.3) is 0 Å². The van der Waals surface area contributed by atoms with Crippen LogP contribution in [0.15, 0.2) is 18.2 Å². The van der Waals surface area contributed by atoms with Crippen LogP contribution in [0.3, 0.4) is 0 Å². The van der Waals surface area contributed by atoms with Gasteiger partial charge in [0.1, 0.15) is 12.0 Å². The fourth-order valence-corrected chi connectivity index (χ4v) is 1.58. The Labute approximate surface area is 118 Å². The molecule has 0 radical (unpaired) electrons. The molecule has 106 valence electrons. The van der Waals surface area contributed by atoms with E-state index in [1.165, 1.54) is 0 Å². The Morgan fingerprint density at radius 1 is 1.35 bits per heavy atom. The first-order chi connectivity index (χ1) is 9.23. The number of nitrogens with zero attached hydrogens (tertiary/aromatic N) is 1. The molecule has 0 aliphatic heterocycles. The molecule has 20 heavy (non-hydrogen) atoms. The SMILES string of the molecule is Cc1cc(NC(=O)CC#N)ccc1C(=O)OC(C)(C)C. The molecule has 1 amide bonds. The molecule has 0 aliphatic rings. The number of benzene rings is 1. The summed E-state index contributed by atoms with van der Waals surface area (Å²) in [7, 11) is 0. The van der Waals surface area contributed by atoms with Crippen LogP contribution in [-0.4, -0.2) is 17.5 Å². The summed E-state index contributed by atoms with van der Waals surface area (Å²) in [6.07, 6.45) is -0.202. The van der Waals surface area contributed by atoms with Gasteiger partial charge in [-0.05, 0) is 51.5 Å². The number of nitrogens with one attached hydrogen (secondary N) is 1. The zero-order valence-corrected chi connectivity index (χ0v) is 12.1. The molecule has 5 heteroatoms. The average Bonchev–Trinajstić information content (AvgIpc) is 2.26. The van der Waals surface area contributed by atoms with E-state index in [1.807, 2.05) is 0 Å². The minimum absolute atomic E-state index is 0.202. The molecule has 0 saturated carbocycles. The predicted octanol–water partition coefficient (Wildman–Crippen LogP) is 2.80. The number of amides is 1. The lowest BCUT2D eigenvalue weighted by Gasteiger charge is -2.20. The third kappa shape index (κ3) is 4.73. The summed E-state index contributed by atoms with van der Waals surface area (Å²) in [5, 5.41) is 11.0. The van der Waals surface area contributed by atoms with Crippen molar-refractivity contribution in [3.8, 4) is 6.07 Å². The normalized spacial score (nSPS) is 10.6. The molecule has 0 unspecified atom stereocenters. The lowest BCUT2D eigenvalue weighted by atomic mass is 10.1. The Morgan fingerprint density at radius 3 is 2.50 bits per heavy atom. The van der Waals surface area contributed by atoms with Crippen molar-refractivity contribution in [2.75, 3.05) is 5.32 Å². The van der Waals surface area contributed by atoms with E-state index in [9.17, 15) is 9.59 Å². The second-order valence-corrected chi connectivity index (χ2v) is 5.41. The van der Waals surface area contributed by atoms with Crippen LogP contribution < -0.4 is 5.32 Å². The summed E-state index contributed by atoms with van der Waals surface area (Å²) in [4.78, 5) is 23.3. The number of nitriles is 1. The molecule has 5 nitrogen and oxygen atoms in total. The zero-order valence-electron chi connectivity index (χ0n) is 12.1. The van der Waals surface area contributed by atoms with Crippen LogP contribution >= 0.6 is 0 Å². The van der Waals surface area contributed by atoms with Gasteiger partial charge in [0.2, 0.25) is 5.91 Å². The maximum atomic E-state index is 12.0. The van der Waals surface area contributed by atoms with Gasteiger partial charge in [-0.3, -0.25) is 4.79 Å². The zero-order chi connectivity index (χ0) is 15.3. The fourth-order valence-electron chi connectivity index (χ4n) is 1.58. The van der Waals surface area contributed by atoms with Crippen molar-refractivity contribution in [1.29, 1.82) is 5.26 Å². The Balaban J connectivity index is 2.86. The molecule has 1 aromatic rings. The summed E-state index contributed by atoms with van der Waals surface area (Å²) < 4.78 is 5.29. The molecule has 1 N–H and O–H groups in total. The average molecular weight is 274 g/mol. The maximum absolute atomic E-state index is 12.0. The van der Waals surface area contributed by atoms with Crippen molar-refractivity contribution in [1.82, 2.24) is 0 Å². The van der Waals surface area contributed by atoms with Crippen LogP contribution in [0.4, 0.5) is 5.69 Å². The highest BCUT2D eigenvalue weighted by Crippen LogP contribution is 2.19. The first-order valence-electron chi connectivity index (χ1n) is 6.24. The molecule has 0 aromatic heterocycles. The molecule has 0 heterocycles. The number of anilines is 1. The predicted molar refractivity (Wildman–Crippen MR) is 75.2 cm³/mol. The Morgan fingerprint density at radius 2 is 2.00 bits per heavy atom. The van der Waals surface area contributed by atoms with Gasteiger partial charge in [0.05, 0.1) is 11.6 Å². The number of hydrogen-bond acceptors (Lipinski definition) is 4. The number of hydrogen-bond donors (Lipinski definition) is 1. The second kappa shape index (κ2) is 6.20. The molecule has 0 bridgehead atoms. The largest absolute Gasteiger partial charge is 0.456 e. The third-order valence-corrected chi connectivity index (χ3v) is 2.37. The minimum atomic E-state index is -0.552. The van der Waals surface area contributed by atoms with Crippen molar-refractivity contribution in [2.24, 2.45) is 0 Å². The Hall–Kier alpha value is -2.35. The van der Waals surface area contributed by atoms with Gasteiger partial charge in [0, 0.05) is 5.69 Å². The van der Waals surface area contributed by atoms with Gasteiger partial charge < -0.3 is 10.1 Å². The van der Waals surface area contributed by atoms with Crippen LogP contribution in [0.1, 0.15) is 43.1 Å². The van der Waals surface area contributed by atoms with Gasteiger partial charge in [-0.25, -0.2) is 4.79 Å². The topological polar surface area (TPSA) is 79.2 Å². The lowest BCUT2D eigenvalue weighted by Crippen LogP contribution is -2.24. The van der Waals surface area contributed by atoms with E-state index in [4.69, 9.17) is 10.00 Å². The van der Waals surface area contributed by atoms with Crippen molar-refractivity contribution in [3.63, 3.8) is 0 Å². The lowest BCUT2D eigenvalue weighted by molar-refractivity contribution is -0.115. The standard InChI is InChI=1S/C15H18N2O3/c1-10-9-11(17-13(18)7-8-16)5-6-12(10)14(19)20-15(2,3)4/h5-6,9H,7H2,1-4H3,(H,17,18). The van der Waals surface area contributed by atoms with Crippen molar-refractivity contribution in [3.05, 3.63) is 29.3 Å². The summed E-state index contributed by atoms with van der Waals surface area (Å²) in [6, 6.07) is 6.66. The number of carbonyl (C=O) groups is 2. The molecule has 0 spiro atoms. The van der Waals surface area contributed by atoms with Gasteiger partial charge in [0.15, 0.2) is 0 Å². The van der Waals surface area contributed by atoms with Crippen molar-refractivity contribution < 1.29 is 14.3 Å². The van der Waals surface area contributed by atoms with E-state index in [2.05, 4.69) is 5.32 Å². The van der Waals surface area contributed by atoms with Gasteiger partial charge in [-0.15, -0.1) is 0 Å². The maximum Gasteiger partial charge on any atom is 0.338 e. The smallest absolute Gasteiger partial charge is 0.338 e. The van der Waals surface area contributed by atoms with Crippen molar-refractivity contribution in [2.45, 2.75) is 39.7 Å². The summed E-state index contributed by atoms with van der Waals surface area (Å²) >= 11 is 0. The molecule has 0 atom stereocenters. The quantitative estimate of drug-likeness (QED) is 0.859. The molecule has 1 aromatic carbocycles. The highest BCUT2D eigenvalue weighted by Gasteiger charge is 2.19. The van der Waals surface area contributed by atoms with Crippen LogP contribution in [0.5, 0.6) is 0 Å². The highest BCUT2D eigenvalue weighted by molar-refractivity contribution is 5.95.